The van der Waals surface area contributed by atoms with E-state index in [9.17, 15) is 5.11 Å². The molecule has 0 aromatic carbocycles. The van der Waals surface area contributed by atoms with Crippen LogP contribution in [0.3, 0.4) is 0 Å². The third kappa shape index (κ3) is 5.30. The van der Waals surface area contributed by atoms with Crippen molar-refractivity contribution in [3.63, 3.8) is 0 Å². The van der Waals surface area contributed by atoms with E-state index >= 15 is 0 Å². The lowest BCUT2D eigenvalue weighted by molar-refractivity contribution is 0.0131. The molecule has 0 bridgehead atoms. The Hall–Kier alpha value is -1.40. The van der Waals surface area contributed by atoms with E-state index in [0.717, 1.165) is 24.6 Å². The van der Waals surface area contributed by atoms with Gasteiger partial charge in [0.05, 0.1) is 6.61 Å². The van der Waals surface area contributed by atoms with Gasteiger partial charge in [-0.3, -0.25) is 0 Å². The van der Waals surface area contributed by atoms with Crippen LogP contribution in [0, 0.1) is 0 Å². The normalized spacial score (nSPS) is 14.2. The summed E-state index contributed by atoms with van der Waals surface area (Å²) in [6.45, 7) is 8.51. The zero-order chi connectivity index (χ0) is 15.2. The van der Waals surface area contributed by atoms with Crippen LogP contribution in [-0.2, 0) is 0 Å². The van der Waals surface area contributed by atoms with Gasteiger partial charge in [0.1, 0.15) is 23.1 Å². The molecule has 1 atom stereocenters. The number of aliphatic hydroxyl groups is 2. The quantitative estimate of drug-likeness (QED) is 0.579. The lowest BCUT2D eigenvalue weighted by Crippen LogP contribution is -2.37. The highest BCUT2D eigenvalue weighted by molar-refractivity contribution is 5.48. The Morgan fingerprint density at radius 3 is 2.35 bits per heavy atom. The molecule has 6 heteroatoms. The van der Waals surface area contributed by atoms with Gasteiger partial charge in [0.25, 0.3) is 0 Å². The van der Waals surface area contributed by atoms with E-state index in [0.29, 0.717) is 5.82 Å². The number of hydrogen-bond donors (Lipinski definition) is 4. The third-order valence-corrected chi connectivity index (χ3v) is 2.81. The van der Waals surface area contributed by atoms with E-state index < -0.39 is 5.60 Å². The summed E-state index contributed by atoms with van der Waals surface area (Å²) in [5.41, 5.74) is -1.17. The lowest BCUT2D eigenvalue weighted by Gasteiger charge is -2.21. The maximum Gasteiger partial charge on any atom is 0.135 e. The molecular formula is C14H26N4O2. The minimum Gasteiger partial charge on any atom is -0.393 e. The Balaban J connectivity index is 2.85. The molecule has 0 aliphatic carbocycles. The minimum atomic E-state index is -1.17. The molecule has 6 nitrogen and oxygen atoms in total. The summed E-state index contributed by atoms with van der Waals surface area (Å²) in [5.74, 6) is 2.39. The molecule has 1 rings (SSSR count). The van der Waals surface area contributed by atoms with Gasteiger partial charge in [-0.25, -0.2) is 9.97 Å². The molecule has 4 N–H and O–H groups in total. The maximum absolute atomic E-state index is 9.80. The molecule has 0 saturated heterocycles. The van der Waals surface area contributed by atoms with Crippen molar-refractivity contribution in [2.45, 2.75) is 45.6 Å². The van der Waals surface area contributed by atoms with Gasteiger partial charge in [0.2, 0.25) is 0 Å². The summed E-state index contributed by atoms with van der Waals surface area (Å²) < 4.78 is 0. The van der Waals surface area contributed by atoms with Crippen molar-refractivity contribution >= 4 is 11.6 Å². The van der Waals surface area contributed by atoms with E-state index in [1.165, 1.54) is 0 Å². The SMILES string of the molecule is CCCNc1cc(NCC(C)(O)CO)nc(C(C)C)n1. The second-order valence-corrected chi connectivity index (χ2v) is 5.59. The van der Waals surface area contributed by atoms with E-state index in [1.807, 2.05) is 19.9 Å². The number of nitrogens with one attached hydrogen (secondary N) is 2. The fourth-order valence-corrected chi connectivity index (χ4v) is 1.50. The third-order valence-electron chi connectivity index (χ3n) is 2.81. The first-order valence-corrected chi connectivity index (χ1v) is 7.08. The number of aromatic nitrogens is 2. The average molecular weight is 282 g/mol. The Kier molecular flexibility index (Phi) is 6.16. The van der Waals surface area contributed by atoms with E-state index in [4.69, 9.17) is 5.11 Å². The van der Waals surface area contributed by atoms with Crippen LogP contribution in [0.2, 0.25) is 0 Å². The molecule has 0 aliphatic heterocycles. The molecule has 0 amide bonds. The monoisotopic (exact) mass is 282 g/mol. The van der Waals surface area contributed by atoms with Crippen molar-refractivity contribution in [3.8, 4) is 0 Å². The van der Waals surface area contributed by atoms with Crippen molar-refractivity contribution in [3.05, 3.63) is 11.9 Å². The summed E-state index contributed by atoms with van der Waals surface area (Å²) >= 11 is 0. The van der Waals surface area contributed by atoms with Crippen LogP contribution in [0.4, 0.5) is 11.6 Å². The lowest BCUT2D eigenvalue weighted by atomic mass is 10.1. The first-order valence-electron chi connectivity index (χ1n) is 7.08. The number of rotatable bonds is 8. The van der Waals surface area contributed by atoms with Gasteiger partial charge in [0, 0.05) is 25.1 Å². The molecular weight excluding hydrogens is 256 g/mol. The highest BCUT2D eigenvalue weighted by Gasteiger charge is 2.19. The van der Waals surface area contributed by atoms with Crippen LogP contribution >= 0.6 is 0 Å². The number of hydrogen-bond acceptors (Lipinski definition) is 6. The van der Waals surface area contributed by atoms with Crippen molar-refractivity contribution < 1.29 is 10.2 Å². The van der Waals surface area contributed by atoms with Crippen LogP contribution in [0.5, 0.6) is 0 Å². The standard InChI is InChI=1S/C14H26N4O2/c1-5-6-15-11-7-12(16-8-14(4,20)9-19)18-13(17-11)10(2)3/h7,10,19-20H,5-6,8-9H2,1-4H3,(H2,15,16,17,18). The van der Waals surface area contributed by atoms with Crippen LogP contribution < -0.4 is 10.6 Å². The van der Waals surface area contributed by atoms with E-state index in [1.54, 1.807) is 6.92 Å². The zero-order valence-corrected chi connectivity index (χ0v) is 12.8. The molecule has 1 aromatic rings. The predicted molar refractivity (Wildman–Crippen MR) is 81.1 cm³/mol. The summed E-state index contributed by atoms with van der Waals surface area (Å²) in [4.78, 5) is 8.88. The summed E-state index contributed by atoms with van der Waals surface area (Å²) in [6.07, 6.45) is 1.02. The molecule has 1 heterocycles. The maximum atomic E-state index is 9.80. The van der Waals surface area contributed by atoms with Crippen molar-refractivity contribution in [1.82, 2.24) is 9.97 Å². The van der Waals surface area contributed by atoms with Gasteiger partial charge < -0.3 is 20.8 Å². The number of anilines is 2. The van der Waals surface area contributed by atoms with Gasteiger partial charge in [-0.1, -0.05) is 20.8 Å². The molecule has 0 spiro atoms. The van der Waals surface area contributed by atoms with Crippen LogP contribution in [0.1, 0.15) is 45.9 Å². The predicted octanol–water partition coefficient (Wildman–Crippen LogP) is 1.58. The van der Waals surface area contributed by atoms with Gasteiger partial charge in [-0.15, -0.1) is 0 Å². The topological polar surface area (TPSA) is 90.3 Å². The van der Waals surface area contributed by atoms with Crippen LogP contribution in [-0.4, -0.2) is 45.5 Å². The Bertz CT molecular complexity index is 422. The Morgan fingerprint density at radius 2 is 1.85 bits per heavy atom. The van der Waals surface area contributed by atoms with Gasteiger partial charge in [-0.05, 0) is 13.3 Å². The van der Waals surface area contributed by atoms with Gasteiger partial charge in [0.15, 0.2) is 0 Å². The molecule has 1 aromatic heterocycles. The first kappa shape index (κ1) is 16.7. The fraction of sp³-hybridized carbons (Fsp3) is 0.714. The van der Waals surface area contributed by atoms with Crippen LogP contribution in [0.25, 0.3) is 0 Å². The van der Waals surface area contributed by atoms with E-state index in [2.05, 4.69) is 27.5 Å². The zero-order valence-electron chi connectivity index (χ0n) is 12.8. The number of nitrogens with zero attached hydrogens (tertiary/aromatic N) is 2. The molecule has 0 saturated carbocycles. The fourth-order valence-electron chi connectivity index (χ4n) is 1.50. The summed E-state index contributed by atoms with van der Waals surface area (Å²) in [6, 6.07) is 1.81. The summed E-state index contributed by atoms with van der Waals surface area (Å²) in [5, 5.41) is 25.1. The highest BCUT2D eigenvalue weighted by atomic mass is 16.3. The second kappa shape index (κ2) is 7.40. The second-order valence-electron chi connectivity index (χ2n) is 5.59. The smallest absolute Gasteiger partial charge is 0.135 e. The van der Waals surface area contributed by atoms with Crippen LogP contribution in [0.15, 0.2) is 6.07 Å². The van der Waals surface area contributed by atoms with Crippen molar-refractivity contribution in [1.29, 1.82) is 0 Å². The first-order chi connectivity index (χ1) is 9.38. The molecule has 1 unspecified atom stereocenters. The minimum absolute atomic E-state index is 0.220. The Morgan fingerprint density at radius 1 is 1.25 bits per heavy atom. The molecule has 20 heavy (non-hydrogen) atoms. The molecule has 114 valence electrons. The molecule has 0 radical (unpaired) electrons. The molecule has 0 fully saturated rings. The van der Waals surface area contributed by atoms with Crippen molar-refractivity contribution in [2.24, 2.45) is 0 Å². The highest BCUT2D eigenvalue weighted by Crippen LogP contribution is 2.17. The van der Waals surface area contributed by atoms with E-state index in [-0.39, 0.29) is 19.1 Å². The average Bonchev–Trinajstić information content (AvgIpc) is 2.43. The number of aliphatic hydroxyl groups excluding tert-OH is 1. The molecule has 0 aliphatic rings. The van der Waals surface area contributed by atoms with Gasteiger partial charge >= 0.3 is 0 Å². The summed E-state index contributed by atoms with van der Waals surface area (Å²) in [7, 11) is 0. The van der Waals surface area contributed by atoms with Gasteiger partial charge in [-0.2, -0.15) is 0 Å². The Labute approximate surface area is 120 Å². The van der Waals surface area contributed by atoms with Crippen molar-refractivity contribution in [2.75, 3.05) is 30.3 Å². The largest absolute Gasteiger partial charge is 0.393 e.